The van der Waals surface area contributed by atoms with Gasteiger partial charge in [0, 0.05) is 35.2 Å². The number of hydrogen-bond donors (Lipinski definition) is 2. The number of rotatable bonds is 10. The van der Waals surface area contributed by atoms with E-state index in [9.17, 15) is 9.59 Å². The quantitative estimate of drug-likeness (QED) is 0.242. The Morgan fingerprint density at radius 1 is 1.03 bits per heavy atom. The second kappa shape index (κ2) is 11.0. The first-order valence-electron chi connectivity index (χ1n) is 13.6. The molecule has 2 N–H and O–H groups in total. The summed E-state index contributed by atoms with van der Waals surface area (Å²) in [5, 5.41) is 13.2. The van der Waals surface area contributed by atoms with Crippen LogP contribution in [0.25, 0.3) is 10.9 Å². The number of benzene rings is 3. The lowest BCUT2D eigenvalue weighted by Crippen LogP contribution is -2.22. The zero-order valence-corrected chi connectivity index (χ0v) is 23.1. The predicted octanol–water partition coefficient (Wildman–Crippen LogP) is 6.70. The standard InChI is InChI=1S/C33H36N2O4/c1-20(2)26-7-5-6-23(14-26)17-34-33(38)27-11-13-30-29(16-27)21(3)22(4)35(30)18-24-8-12-28(25-9-10-25)31(15-24)39-19-32(36)37/h5-8,11-16,20,25H,9-10,17-19H2,1-4H3,(H,34,38)(H,36,37). The average molecular weight is 525 g/mol. The van der Waals surface area contributed by atoms with E-state index in [4.69, 9.17) is 9.84 Å². The van der Waals surface area contributed by atoms with Crippen molar-refractivity contribution in [3.8, 4) is 5.75 Å². The molecule has 1 aromatic heterocycles. The number of aromatic nitrogens is 1. The molecule has 1 aliphatic rings. The Kier molecular flexibility index (Phi) is 7.47. The number of nitrogens with one attached hydrogen (secondary N) is 1. The molecule has 6 heteroatoms. The monoisotopic (exact) mass is 524 g/mol. The Balaban J connectivity index is 1.36. The summed E-state index contributed by atoms with van der Waals surface area (Å²) in [6, 6.07) is 20.4. The van der Waals surface area contributed by atoms with E-state index in [1.165, 1.54) is 5.56 Å². The average Bonchev–Trinajstić information content (AvgIpc) is 3.75. The number of carboxylic acids is 1. The van der Waals surface area contributed by atoms with Gasteiger partial charge in [-0.1, -0.05) is 50.2 Å². The summed E-state index contributed by atoms with van der Waals surface area (Å²) in [5.74, 6) is 0.504. The van der Waals surface area contributed by atoms with Crippen molar-refractivity contribution in [2.45, 2.75) is 65.5 Å². The van der Waals surface area contributed by atoms with Gasteiger partial charge in [0.15, 0.2) is 6.61 Å². The first-order valence-corrected chi connectivity index (χ1v) is 13.6. The number of amides is 1. The van der Waals surface area contributed by atoms with Crippen LogP contribution in [-0.4, -0.2) is 28.2 Å². The minimum atomic E-state index is -0.978. The molecule has 202 valence electrons. The fourth-order valence-corrected chi connectivity index (χ4v) is 5.20. The van der Waals surface area contributed by atoms with Gasteiger partial charge in [0.25, 0.3) is 5.91 Å². The maximum absolute atomic E-state index is 13.0. The van der Waals surface area contributed by atoms with Crippen LogP contribution in [0.1, 0.15) is 82.4 Å². The van der Waals surface area contributed by atoms with Crippen molar-refractivity contribution in [2.24, 2.45) is 0 Å². The Hall–Kier alpha value is -4.06. The van der Waals surface area contributed by atoms with Crippen LogP contribution in [0.5, 0.6) is 5.75 Å². The second-order valence-corrected chi connectivity index (χ2v) is 10.9. The van der Waals surface area contributed by atoms with E-state index < -0.39 is 5.97 Å². The molecule has 0 radical (unpaired) electrons. The van der Waals surface area contributed by atoms with E-state index in [0.29, 0.717) is 36.2 Å². The lowest BCUT2D eigenvalue weighted by atomic mass is 10.0. The van der Waals surface area contributed by atoms with Gasteiger partial charge in [0.1, 0.15) is 5.75 Å². The summed E-state index contributed by atoms with van der Waals surface area (Å²) >= 11 is 0. The molecule has 0 saturated heterocycles. The van der Waals surface area contributed by atoms with Crippen molar-refractivity contribution in [3.05, 3.63) is 99.7 Å². The highest BCUT2D eigenvalue weighted by molar-refractivity contribution is 5.99. The lowest BCUT2D eigenvalue weighted by Gasteiger charge is -2.14. The van der Waals surface area contributed by atoms with Gasteiger partial charge in [0.05, 0.1) is 0 Å². The summed E-state index contributed by atoms with van der Waals surface area (Å²) in [7, 11) is 0. The highest BCUT2D eigenvalue weighted by Crippen LogP contribution is 2.44. The Labute approximate surface area is 229 Å². The molecule has 1 amide bonds. The lowest BCUT2D eigenvalue weighted by molar-refractivity contribution is -0.139. The number of carbonyl (C=O) groups is 2. The number of carbonyl (C=O) groups excluding carboxylic acids is 1. The number of carboxylic acid groups (broad SMARTS) is 1. The fraction of sp³-hybridized carbons (Fsp3) is 0.333. The molecule has 3 aromatic carbocycles. The van der Waals surface area contributed by atoms with Crippen molar-refractivity contribution >= 4 is 22.8 Å². The third kappa shape index (κ3) is 5.85. The third-order valence-corrected chi connectivity index (χ3v) is 7.76. The second-order valence-electron chi connectivity index (χ2n) is 10.9. The van der Waals surface area contributed by atoms with Gasteiger partial charge in [-0.15, -0.1) is 0 Å². The SMILES string of the molecule is Cc1c(C)n(Cc2ccc(C3CC3)c(OCC(=O)O)c2)c2ccc(C(=O)NCc3cccc(C(C)C)c3)cc12. The zero-order chi connectivity index (χ0) is 27.7. The molecule has 4 aromatic rings. The summed E-state index contributed by atoms with van der Waals surface area (Å²) in [6.45, 7) is 9.28. The fourth-order valence-electron chi connectivity index (χ4n) is 5.20. The molecule has 0 aliphatic heterocycles. The van der Waals surface area contributed by atoms with Gasteiger partial charge in [-0.3, -0.25) is 4.79 Å². The molecule has 39 heavy (non-hydrogen) atoms. The minimum absolute atomic E-state index is 0.0902. The van der Waals surface area contributed by atoms with Gasteiger partial charge in [-0.2, -0.15) is 0 Å². The summed E-state index contributed by atoms with van der Waals surface area (Å²) in [6.07, 6.45) is 2.23. The summed E-state index contributed by atoms with van der Waals surface area (Å²) in [5.41, 5.74) is 8.47. The van der Waals surface area contributed by atoms with Crippen LogP contribution in [0.2, 0.25) is 0 Å². The topological polar surface area (TPSA) is 80.6 Å². The predicted molar refractivity (Wildman–Crippen MR) is 154 cm³/mol. The van der Waals surface area contributed by atoms with E-state index in [1.54, 1.807) is 0 Å². The van der Waals surface area contributed by atoms with Crippen LogP contribution in [0.3, 0.4) is 0 Å². The van der Waals surface area contributed by atoms with Crippen molar-refractivity contribution < 1.29 is 19.4 Å². The van der Waals surface area contributed by atoms with Gasteiger partial charge in [-0.05, 0) is 90.6 Å². The Morgan fingerprint density at radius 3 is 2.54 bits per heavy atom. The molecule has 0 unspecified atom stereocenters. The molecule has 5 rings (SSSR count). The van der Waals surface area contributed by atoms with E-state index in [2.05, 4.69) is 61.8 Å². The molecule has 1 aliphatic carbocycles. The highest BCUT2D eigenvalue weighted by Gasteiger charge is 2.27. The van der Waals surface area contributed by atoms with E-state index >= 15 is 0 Å². The van der Waals surface area contributed by atoms with Crippen LogP contribution in [0, 0.1) is 13.8 Å². The largest absolute Gasteiger partial charge is 0.482 e. The van der Waals surface area contributed by atoms with Crippen LogP contribution < -0.4 is 10.1 Å². The number of nitrogens with zero attached hydrogens (tertiary/aromatic N) is 1. The van der Waals surface area contributed by atoms with Crippen molar-refractivity contribution in [3.63, 3.8) is 0 Å². The molecule has 0 bridgehead atoms. The number of aryl methyl sites for hydroxylation is 1. The molecule has 1 saturated carbocycles. The van der Waals surface area contributed by atoms with Crippen molar-refractivity contribution in [1.29, 1.82) is 0 Å². The van der Waals surface area contributed by atoms with Crippen molar-refractivity contribution in [2.75, 3.05) is 6.61 Å². The van der Waals surface area contributed by atoms with E-state index in [0.717, 1.165) is 51.7 Å². The maximum Gasteiger partial charge on any atom is 0.341 e. The maximum atomic E-state index is 13.0. The minimum Gasteiger partial charge on any atom is -0.482 e. The van der Waals surface area contributed by atoms with Gasteiger partial charge >= 0.3 is 5.97 Å². The number of fused-ring (bicyclic) bond motifs is 1. The first kappa shape index (κ1) is 26.5. The summed E-state index contributed by atoms with van der Waals surface area (Å²) in [4.78, 5) is 24.1. The van der Waals surface area contributed by atoms with Gasteiger partial charge in [-0.25, -0.2) is 4.79 Å². The van der Waals surface area contributed by atoms with Gasteiger partial charge in [0.2, 0.25) is 0 Å². The molecule has 0 spiro atoms. The van der Waals surface area contributed by atoms with Crippen molar-refractivity contribution in [1.82, 2.24) is 9.88 Å². The third-order valence-electron chi connectivity index (χ3n) is 7.76. The Morgan fingerprint density at radius 2 is 1.82 bits per heavy atom. The first-order chi connectivity index (χ1) is 18.7. The van der Waals surface area contributed by atoms with Crippen LogP contribution >= 0.6 is 0 Å². The Bertz CT molecular complexity index is 1550. The van der Waals surface area contributed by atoms with E-state index in [1.807, 2.05) is 36.4 Å². The molecule has 0 atom stereocenters. The number of aliphatic carboxylic acids is 1. The summed E-state index contributed by atoms with van der Waals surface area (Å²) < 4.78 is 7.91. The van der Waals surface area contributed by atoms with Crippen LogP contribution in [0.15, 0.2) is 60.7 Å². The number of ether oxygens (including phenoxy) is 1. The molecular weight excluding hydrogens is 488 g/mol. The number of hydrogen-bond acceptors (Lipinski definition) is 3. The normalized spacial score (nSPS) is 13.2. The molecular formula is C33H36N2O4. The molecule has 6 nitrogen and oxygen atoms in total. The molecule has 1 fully saturated rings. The molecule has 1 heterocycles. The zero-order valence-electron chi connectivity index (χ0n) is 23.1. The highest BCUT2D eigenvalue weighted by atomic mass is 16.5. The smallest absolute Gasteiger partial charge is 0.341 e. The van der Waals surface area contributed by atoms with E-state index in [-0.39, 0.29) is 12.5 Å². The van der Waals surface area contributed by atoms with Crippen LogP contribution in [-0.2, 0) is 17.9 Å². The van der Waals surface area contributed by atoms with Crippen LogP contribution in [0.4, 0.5) is 0 Å². The van der Waals surface area contributed by atoms with Gasteiger partial charge < -0.3 is 19.7 Å².